The van der Waals surface area contributed by atoms with Crippen LogP contribution in [0.2, 0.25) is 0 Å². The Hall–Kier alpha value is -5.74. The van der Waals surface area contributed by atoms with Crippen LogP contribution in [0.15, 0.2) is 174 Å². The Kier molecular flexibility index (Phi) is 7.47. The van der Waals surface area contributed by atoms with E-state index in [1.54, 1.807) is 0 Å². The molecule has 0 saturated heterocycles. The minimum Gasteiger partial charge on any atom is -0.322 e. The number of aliphatic imine (C=N–C) groups is 2. The van der Waals surface area contributed by atoms with E-state index in [0.717, 1.165) is 46.2 Å². The summed E-state index contributed by atoms with van der Waals surface area (Å²) in [6.07, 6.45) is 21.5. The number of anilines is 2. The highest BCUT2D eigenvalue weighted by molar-refractivity contribution is 6.20. The molecule has 3 heterocycles. The Morgan fingerprint density at radius 1 is 0.809 bits per heavy atom. The molecule has 4 aliphatic rings. The third-order valence-electron chi connectivity index (χ3n) is 9.35. The minimum absolute atomic E-state index is 0.109. The van der Waals surface area contributed by atoms with Gasteiger partial charge in [0.2, 0.25) is 0 Å². The lowest BCUT2D eigenvalue weighted by atomic mass is 9.92. The molecule has 47 heavy (non-hydrogen) atoms. The first-order valence-corrected chi connectivity index (χ1v) is 16.3. The molecule has 0 amide bonds. The van der Waals surface area contributed by atoms with Crippen molar-refractivity contribution in [1.29, 1.82) is 0 Å². The van der Waals surface area contributed by atoms with Gasteiger partial charge in [0.15, 0.2) is 0 Å². The summed E-state index contributed by atoms with van der Waals surface area (Å²) in [5, 5.41) is 2.36. The Labute approximate surface area is 276 Å². The van der Waals surface area contributed by atoms with Gasteiger partial charge in [-0.2, -0.15) is 0 Å². The third kappa shape index (κ3) is 5.32. The summed E-state index contributed by atoms with van der Waals surface area (Å²) in [6.45, 7) is 8.08. The molecule has 228 valence electrons. The van der Waals surface area contributed by atoms with Gasteiger partial charge in [-0.25, -0.2) is 0 Å². The second kappa shape index (κ2) is 12.2. The highest BCUT2D eigenvalue weighted by Gasteiger charge is 2.35. The van der Waals surface area contributed by atoms with Gasteiger partial charge >= 0.3 is 0 Å². The maximum absolute atomic E-state index is 5.18. The van der Waals surface area contributed by atoms with Gasteiger partial charge in [-0.3, -0.25) is 9.98 Å². The van der Waals surface area contributed by atoms with E-state index in [1.807, 2.05) is 0 Å². The number of fused-ring (bicyclic) bond motifs is 5. The molecule has 0 N–H and O–H groups in total. The van der Waals surface area contributed by atoms with Gasteiger partial charge in [0.05, 0.1) is 24.3 Å². The molecule has 4 nitrogen and oxygen atoms in total. The number of amidine groups is 2. The largest absolute Gasteiger partial charge is 0.322 e. The van der Waals surface area contributed by atoms with Crippen molar-refractivity contribution in [3.8, 4) is 0 Å². The van der Waals surface area contributed by atoms with E-state index in [9.17, 15) is 0 Å². The van der Waals surface area contributed by atoms with Gasteiger partial charge in [-0.15, -0.1) is 0 Å². The molecule has 2 atom stereocenters. The average Bonchev–Trinajstić information content (AvgIpc) is 3.56. The number of rotatable bonds is 5. The fourth-order valence-corrected chi connectivity index (χ4v) is 6.92. The molecular formula is C43H36N4. The molecule has 0 radical (unpaired) electrons. The minimum atomic E-state index is 0.109. The fourth-order valence-electron chi connectivity index (χ4n) is 6.92. The molecule has 0 spiro atoms. The predicted octanol–water partition coefficient (Wildman–Crippen LogP) is 9.36. The highest BCUT2D eigenvalue weighted by atomic mass is 15.3. The number of nitrogens with zero attached hydrogens (tertiary/aromatic N) is 4. The molecule has 3 aliphatic heterocycles. The lowest BCUT2D eigenvalue weighted by Gasteiger charge is -2.33. The number of hydrogen-bond acceptors (Lipinski definition) is 4. The van der Waals surface area contributed by atoms with Crippen molar-refractivity contribution < 1.29 is 0 Å². The zero-order chi connectivity index (χ0) is 31.7. The van der Waals surface area contributed by atoms with E-state index >= 15 is 0 Å². The number of benzene rings is 4. The van der Waals surface area contributed by atoms with E-state index in [2.05, 4.69) is 175 Å². The SMILES string of the molecule is C=C(/C=C\C1=C(C)c2ccccc2N2C/C=C\C=C/CN=C12)c1ccc2cc(C3=NC4C=CC=CC4N3c3ccccc3)ccc2c1. The summed E-state index contributed by atoms with van der Waals surface area (Å²) >= 11 is 0. The van der Waals surface area contributed by atoms with Crippen molar-refractivity contribution in [3.63, 3.8) is 0 Å². The molecule has 2 unspecified atom stereocenters. The quantitative estimate of drug-likeness (QED) is 0.212. The predicted molar refractivity (Wildman–Crippen MR) is 200 cm³/mol. The van der Waals surface area contributed by atoms with Crippen molar-refractivity contribution in [3.05, 3.63) is 181 Å². The van der Waals surface area contributed by atoms with E-state index in [1.165, 1.54) is 27.6 Å². The van der Waals surface area contributed by atoms with Crippen LogP contribution in [0.1, 0.15) is 23.6 Å². The summed E-state index contributed by atoms with van der Waals surface area (Å²) < 4.78 is 0. The summed E-state index contributed by atoms with van der Waals surface area (Å²) in [5.41, 5.74) is 9.12. The van der Waals surface area contributed by atoms with Crippen LogP contribution in [-0.4, -0.2) is 36.8 Å². The van der Waals surface area contributed by atoms with Gasteiger partial charge < -0.3 is 9.80 Å². The van der Waals surface area contributed by atoms with E-state index in [0.29, 0.717) is 6.54 Å². The molecule has 4 heteroatoms. The molecule has 4 aromatic carbocycles. The molecule has 0 aromatic heterocycles. The van der Waals surface area contributed by atoms with Gasteiger partial charge in [-0.1, -0.05) is 128 Å². The Balaban J connectivity index is 1.10. The zero-order valence-corrected chi connectivity index (χ0v) is 26.5. The van der Waals surface area contributed by atoms with Crippen LogP contribution in [0.4, 0.5) is 11.4 Å². The average molecular weight is 609 g/mol. The normalized spacial score (nSPS) is 21.4. The first kappa shape index (κ1) is 28.7. The van der Waals surface area contributed by atoms with Gasteiger partial charge in [0.25, 0.3) is 0 Å². The molecule has 0 bridgehead atoms. The van der Waals surface area contributed by atoms with Crippen molar-refractivity contribution in [2.75, 3.05) is 22.9 Å². The second-order valence-electron chi connectivity index (χ2n) is 12.2. The standard InChI is InChI=1S/C43H36N4/c1-30(20-25-38-31(2)37-16-8-10-18-40(37)46-27-13-4-3-12-26-44-43(38)46)32-21-22-34-29-35(24-23-33(34)28-32)42-45-39-17-9-11-19-41(39)47(42)36-14-6-5-7-15-36/h3-25,28-29,39,41H,1,26-27H2,2H3/b12-3-,13-4-,25-20-,44-43?. The van der Waals surface area contributed by atoms with E-state index < -0.39 is 0 Å². The molecule has 0 saturated carbocycles. The smallest absolute Gasteiger partial charge is 0.136 e. The summed E-state index contributed by atoms with van der Waals surface area (Å²) in [6, 6.07) is 32.7. The van der Waals surface area contributed by atoms with Crippen molar-refractivity contribution >= 4 is 45.0 Å². The molecule has 4 aromatic rings. The topological polar surface area (TPSA) is 31.2 Å². The Morgan fingerprint density at radius 3 is 2.51 bits per heavy atom. The van der Waals surface area contributed by atoms with Crippen LogP contribution < -0.4 is 9.80 Å². The van der Waals surface area contributed by atoms with Crippen LogP contribution in [0.5, 0.6) is 0 Å². The summed E-state index contributed by atoms with van der Waals surface area (Å²) in [7, 11) is 0. The molecule has 8 rings (SSSR count). The number of hydrogen-bond donors (Lipinski definition) is 0. The van der Waals surface area contributed by atoms with Crippen LogP contribution in [0.25, 0.3) is 21.9 Å². The maximum Gasteiger partial charge on any atom is 0.136 e. The molecular weight excluding hydrogens is 573 g/mol. The fraction of sp³-hybridized carbons (Fsp3) is 0.116. The van der Waals surface area contributed by atoms with Crippen LogP contribution in [0, 0.1) is 0 Å². The monoisotopic (exact) mass is 608 g/mol. The van der Waals surface area contributed by atoms with Gasteiger partial charge in [0.1, 0.15) is 11.7 Å². The number of para-hydroxylation sites is 2. The lowest BCUT2D eigenvalue weighted by molar-refractivity contribution is 0.739. The third-order valence-corrected chi connectivity index (χ3v) is 9.35. The van der Waals surface area contributed by atoms with Crippen LogP contribution in [-0.2, 0) is 0 Å². The van der Waals surface area contributed by atoms with Crippen molar-refractivity contribution in [2.24, 2.45) is 9.98 Å². The number of allylic oxidation sites excluding steroid dienone is 7. The van der Waals surface area contributed by atoms with Gasteiger partial charge in [-0.05, 0) is 64.7 Å². The van der Waals surface area contributed by atoms with Crippen LogP contribution in [0.3, 0.4) is 0 Å². The van der Waals surface area contributed by atoms with Crippen molar-refractivity contribution in [1.82, 2.24) is 0 Å². The van der Waals surface area contributed by atoms with E-state index in [4.69, 9.17) is 9.98 Å². The lowest BCUT2D eigenvalue weighted by Crippen LogP contribution is -2.39. The first-order valence-electron chi connectivity index (χ1n) is 16.3. The van der Waals surface area contributed by atoms with Crippen molar-refractivity contribution in [2.45, 2.75) is 19.0 Å². The zero-order valence-electron chi connectivity index (χ0n) is 26.5. The highest BCUT2D eigenvalue weighted by Crippen LogP contribution is 2.37. The first-order chi connectivity index (χ1) is 23.2. The summed E-state index contributed by atoms with van der Waals surface area (Å²) in [4.78, 5) is 14.9. The summed E-state index contributed by atoms with van der Waals surface area (Å²) in [5.74, 6) is 2.00. The Morgan fingerprint density at radius 2 is 1.60 bits per heavy atom. The van der Waals surface area contributed by atoms with E-state index in [-0.39, 0.29) is 12.1 Å². The maximum atomic E-state index is 5.18. The molecule has 1 aliphatic carbocycles. The van der Waals surface area contributed by atoms with Crippen LogP contribution >= 0.6 is 0 Å². The second-order valence-corrected chi connectivity index (χ2v) is 12.2. The Bertz CT molecular complexity index is 2140. The molecule has 0 fully saturated rings. The van der Waals surface area contributed by atoms with Gasteiger partial charge in [0, 0.05) is 28.9 Å².